The molecule has 0 N–H and O–H groups in total. The third-order valence-corrected chi connectivity index (χ3v) is 5.49. The zero-order chi connectivity index (χ0) is 18.3. The fourth-order valence-electron chi connectivity index (χ4n) is 4.32. The van der Waals surface area contributed by atoms with Gasteiger partial charge >= 0.3 is 0 Å². The monoisotopic (exact) mass is 359 g/mol. The molecule has 3 aliphatic rings. The minimum Gasteiger partial charge on any atom is -0.454 e. The van der Waals surface area contributed by atoms with Crippen molar-refractivity contribution in [1.29, 1.82) is 0 Å². The molecule has 0 unspecified atom stereocenters. The molecule has 0 aromatic heterocycles. The highest BCUT2D eigenvalue weighted by atomic mass is 16.7. The maximum atomic E-state index is 13.0. The lowest BCUT2D eigenvalue weighted by atomic mass is 9.68. The Balaban J connectivity index is 1.71. The summed E-state index contributed by atoms with van der Waals surface area (Å²) in [5.74, 6) is 0.844. The predicted molar refractivity (Wildman–Crippen MR) is 94.2 cm³/mol. The second kappa shape index (κ2) is 6.67. The van der Waals surface area contributed by atoms with E-state index in [1.54, 1.807) is 0 Å². The van der Waals surface area contributed by atoms with Crippen molar-refractivity contribution in [2.24, 2.45) is 11.3 Å². The fourth-order valence-corrected chi connectivity index (χ4v) is 4.32. The third kappa shape index (κ3) is 3.23. The van der Waals surface area contributed by atoms with Crippen LogP contribution in [0.15, 0.2) is 18.2 Å². The molecule has 6 nitrogen and oxygen atoms in total. The van der Waals surface area contributed by atoms with Gasteiger partial charge in [0.1, 0.15) is 11.6 Å². The standard InChI is InChI=1S/C20H25NO5/c1-20(2)10-14(22)18(15(23)11-20)19(21-5-7-24-8-6-21)13-3-4-16-17(9-13)26-12-25-16/h3-4,9,18-19H,5-8,10-12H2,1-2H3/t19-/m1/s1. The molecule has 6 heteroatoms. The van der Waals surface area contributed by atoms with Crippen molar-refractivity contribution < 1.29 is 23.8 Å². The number of nitrogens with zero attached hydrogens (tertiary/aromatic N) is 1. The average molecular weight is 359 g/mol. The summed E-state index contributed by atoms with van der Waals surface area (Å²) in [5, 5.41) is 0. The Morgan fingerprint density at radius 2 is 1.69 bits per heavy atom. The molecule has 4 rings (SSSR count). The van der Waals surface area contributed by atoms with Crippen molar-refractivity contribution in [3.8, 4) is 11.5 Å². The first-order valence-electron chi connectivity index (χ1n) is 9.21. The van der Waals surface area contributed by atoms with Crippen LogP contribution in [-0.4, -0.2) is 49.6 Å². The van der Waals surface area contributed by atoms with Gasteiger partial charge in [-0.05, 0) is 23.1 Å². The second-order valence-corrected chi connectivity index (χ2v) is 8.13. The number of morpholine rings is 1. The molecule has 1 atom stereocenters. The van der Waals surface area contributed by atoms with Crippen molar-refractivity contribution in [1.82, 2.24) is 4.90 Å². The van der Waals surface area contributed by atoms with Crippen LogP contribution >= 0.6 is 0 Å². The molecular weight excluding hydrogens is 334 g/mol. The van der Waals surface area contributed by atoms with E-state index in [9.17, 15) is 9.59 Å². The van der Waals surface area contributed by atoms with Crippen LogP contribution < -0.4 is 9.47 Å². The molecule has 140 valence electrons. The maximum absolute atomic E-state index is 13.0. The number of benzene rings is 1. The molecule has 26 heavy (non-hydrogen) atoms. The SMILES string of the molecule is CC1(C)CC(=O)C([C@@H](c2ccc3c(c2)OCO3)N2CCOCC2)C(=O)C1. The quantitative estimate of drug-likeness (QED) is 0.772. The summed E-state index contributed by atoms with van der Waals surface area (Å²) in [6.45, 7) is 6.82. The van der Waals surface area contributed by atoms with Crippen LogP contribution in [0.2, 0.25) is 0 Å². The number of fused-ring (bicyclic) bond motifs is 1. The van der Waals surface area contributed by atoms with Crippen molar-refractivity contribution in [2.45, 2.75) is 32.7 Å². The van der Waals surface area contributed by atoms with Crippen molar-refractivity contribution >= 4 is 11.6 Å². The summed E-state index contributed by atoms with van der Waals surface area (Å²) in [7, 11) is 0. The Kier molecular flexibility index (Phi) is 4.49. The molecule has 2 heterocycles. The largest absolute Gasteiger partial charge is 0.454 e. The predicted octanol–water partition coefficient (Wildman–Crippen LogP) is 2.36. The number of hydrogen-bond donors (Lipinski definition) is 0. The van der Waals surface area contributed by atoms with Gasteiger partial charge in [-0.25, -0.2) is 0 Å². The van der Waals surface area contributed by atoms with Crippen LogP contribution in [0.25, 0.3) is 0 Å². The molecule has 2 aliphatic heterocycles. The molecule has 0 amide bonds. The Bertz CT molecular complexity index is 703. The number of Topliss-reactive ketones (excluding diaryl/α,β-unsaturated/α-hetero) is 2. The van der Waals surface area contributed by atoms with Gasteiger partial charge < -0.3 is 14.2 Å². The van der Waals surface area contributed by atoms with Gasteiger partial charge in [-0.3, -0.25) is 14.5 Å². The molecule has 1 saturated heterocycles. The summed E-state index contributed by atoms with van der Waals surface area (Å²) < 4.78 is 16.4. The van der Waals surface area contributed by atoms with E-state index in [0.29, 0.717) is 50.6 Å². The number of rotatable bonds is 3. The Hall–Kier alpha value is -1.92. The van der Waals surface area contributed by atoms with Gasteiger partial charge in [0.25, 0.3) is 0 Å². The Labute approximate surface area is 153 Å². The van der Waals surface area contributed by atoms with Gasteiger partial charge in [0.05, 0.1) is 25.2 Å². The van der Waals surface area contributed by atoms with E-state index in [1.807, 2.05) is 32.0 Å². The maximum Gasteiger partial charge on any atom is 0.231 e. The number of carbonyl (C=O) groups excluding carboxylic acids is 2. The number of carbonyl (C=O) groups is 2. The molecule has 0 bridgehead atoms. The van der Waals surface area contributed by atoms with Crippen molar-refractivity contribution in [3.05, 3.63) is 23.8 Å². The highest BCUT2D eigenvalue weighted by Crippen LogP contribution is 2.43. The minimum atomic E-state index is -0.624. The highest BCUT2D eigenvalue weighted by Gasteiger charge is 2.46. The van der Waals surface area contributed by atoms with Crippen molar-refractivity contribution in [2.75, 3.05) is 33.1 Å². The number of ketones is 2. The third-order valence-electron chi connectivity index (χ3n) is 5.49. The van der Waals surface area contributed by atoms with Crippen LogP contribution in [-0.2, 0) is 14.3 Å². The first-order valence-corrected chi connectivity index (χ1v) is 9.21. The van der Waals surface area contributed by atoms with E-state index in [-0.39, 0.29) is 29.8 Å². The first-order chi connectivity index (χ1) is 12.4. The van der Waals surface area contributed by atoms with Gasteiger partial charge in [0.15, 0.2) is 11.5 Å². The minimum absolute atomic E-state index is 0.0420. The van der Waals surface area contributed by atoms with E-state index in [1.165, 1.54) is 0 Å². The van der Waals surface area contributed by atoms with E-state index in [2.05, 4.69) is 4.90 Å². The Morgan fingerprint density at radius 3 is 2.38 bits per heavy atom. The lowest BCUT2D eigenvalue weighted by molar-refractivity contribution is -0.144. The van der Waals surface area contributed by atoms with Crippen LogP contribution in [0.1, 0.15) is 38.3 Å². The van der Waals surface area contributed by atoms with E-state index in [0.717, 1.165) is 5.56 Å². The van der Waals surface area contributed by atoms with E-state index < -0.39 is 5.92 Å². The normalized spacial score (nSPS) is 24.7. The van der Waals surface area contributed by atoms with E-state index >= 15 is 0 Å². The second-order valence-electron chi connectivity index (χ2n) is 8.13. The smallest absolute Gasteiger partial charge is 0.231 e. The number of ether oxygens (including phenoxy) is 3. The summed E-state index contributed by atoms with van der Waals surface area (Å²) in [4.78, 5) is 28.2. The van der Waals surface area contributed by atoms with Gasteiger partial charge in [0.2, 0.25) is 6.79 Å². The fraction of sp³-hybridized carbons (Fsp3) is 0.600. The summed E-state index contributed by atoms with van der Waals surface area (Å²) >= 11 is 0. The van der Waals surface area contributed by atoms with Crippen LogP contribution in [0.4, 0.5) is 0 Å². The molecular formula is C20H25NO5. The molecule has 1 aromatic rings. The molecule has 1 aromatic carbocycles. The topological polar surface area (TPSA) is 65.1 Å². The molecule has 0 spiro atoms. The molecule has 1 saturated carbocycles. The van der Waals surface area contributed by atoms with Gasteiger partial charge in [-0.15, -0.1) is 0 Å². The average Bonchev–Trinajstić information content (AvgIpc) is 3.05. The van der Waals surface area contributed by atoms with Crippen LogP contribution in [0.3, 0.4) is 0 Å². The summed E-state index contributed by atoms with van der Waals surface area (Å²) in [6, 6.07) is 5.47. The van der Waals surface area contributed by atoms with Gasteiger partial charge in [-0.1, -0.05) is 19.9 Å². The Morgan fingerprint density at radius 1 is 1.04 bits per heavy atom. The van der Waals surface area contributed by atoms with Crippen molar-refractivity contribution in [3.63, 3.8) is 0 Å². The lowest BCUT2D eigenvalue weighted by Crippen LogP contribution is -2.49. The highest BCUT2D eigenvalue weighted by molar-refractivity contribution is 6.06. The summed E-state index contributed by atoms with van der Waals surface area (Å²) in [6.07, 6.45) is 0.879. The summed E-state index contributed by atoms with van der Waals surface area (Å²) in [5.41, 5.74) is 0.678. The van der Waals surface area contributed by atoms with Gasteiger partial charge in [0, 0.05) is 25.9 Å². The zero-order valence-electron chi connectivity index (χ0n) is 15.3. The molecule has 1 aliphatic carbocycles. The lowest BCUT2D eigenvalue weighted by Gasteiger charge is -2.42. The van der Waals surface area contributed by atoms with E-state index in [4.69, 9.17) is 14.2 Å². The molecule has 2 fully saturated rings. The number of hydrogen-bond acceptors (Lipinski definition) is 6. The zero-order valence-corrected chi connectivity index (χ0v) is 15.3. The molecule has 0 radical (unpaired) electrons. The van der Waals surface area contributed by atoms with Crippen LogP contribution in [0, 0.1) is 11.3 Å². The van der Waals surface area contributed by atoms with Crippen LogP contribution in [0.5, 0.6) is 11.5 Å². The van der Waals surface area contributed by atoms with Gasteiger partial charge in [-0.2, -0.15) is 0 Å². The first kappa shape index (κ1) is 17.5.